The van der Waals surface area contributed by atoms with Crippen molar-refractivity contribution in [3.05, 3.63) is 46.6 Å². The quantitative estimate of drug-likeness (QED) is 0.490. The first-order valence-electron chi connectivity index (χ1n) is 11.6. The molecule has 2 saturated heterocycles. The number of piperidine rings is 1. The standard InChI is InChI=1S/C25H26BrFN6O2/c1-25(2,3)35-24(34)30-16-11-17-6-7-18(12-16)33(17)22-23-31-20(21(26)32(23)9-8-29-22)14-4-5-15(13-28)19(27)10-14/h4-5,8-10,16-18H,6-7,11-12H2,1-3H3,(H,30,34)/t16-,17+,18-. The van der Waals surface area contributed by atoms with E-state index in [9.17, 15) is 9.18 Å². The minimum Gasteiger partial charge on any atom is -0.444 e. The summed E-state index contributed by atoms with van der Waals surface area (Å²) in [6, 6.07) is 6.82. The van der Waals surface area contributed by atoms with Gasteiger partial charge in [0.1, 0.15) is 27.8 Å². The van der Waals surface area contributed by atoms with Gasteiger partial charge in [0.15, 0.2) is 11.5 Å². The molecule has 3 aromatic rings. The van der Waals surface area contributed by atoms with Gasteiger partial charge in [-0.15, -0.1) is 0 Å². The molecule has 0 radical (unpaired) electrons. The summed E-state index contributed by atoms with van der Waals surface area (Å²) in [5.41, 5.74) is 1.29. The molecule has 5 rings (SSSR count). The van der Waals surface area contributed by atoms with Crippen LogP contribution < -0.4 is 10.2 Å². The van der Waals surface area contributed by atoms with Gasteiger partial charge in [-0.25, -0.2) is 19.2 Å². The highest BCUT2D eigenvalue weighted by Gasteiger charge is 2.43. The van der Waals surface area contributed by atoms with Crippen molar-refractivity contribution in [2.75, 3.05) is 4.90 Å². The van der Waals surface area contributed by atoms with E-state index in [1.165, 1.54) is 12.1 Å². The zero-order valence-electron chi connectivity index (χ0n) is 19.8. The Balaban J connectivity index is 1.43. The Morgan fingerprint density at radius 2 is 2.00 bits per heavy atom. The predicted molar refractivity (Wildman–Crippen MR) is 132 cm³/mol. The molecule has 8 nitrogen and oxygen atoms in total. The van der Waals surface area contributed by atoms with Gasteiger partial charge in [-0.2, -0.15) is 5.26 Å². The number of amides is 1. The first-order valence-corrected chi connectivity index (χ1v) is 12.4. The lowest BCUT2D eigenvalue weighted by molar-refractivity contribution is 0.0492. The molecule has 0 saturated carbocycles. The number of carbonyl (C=O) groups excluding carboxylic acids is 1. The molecule has 2 aliphatic rings. The highest BCUT2D eigenvalue weighted by atomic mass is 79.9. The molecule has 2 fully saturated rings. The third-order valence-electron chi connectivity index (χ3n) is 6.53. The van der Waals surface area contributed by atoms with E-state index in [4.69, 9.17) is 20.0 Å². The topological polar surface area (TPSA) is 95.5 Å². The summed E-state index contributed by atoms with van der Waals surface area (Å²) >= 11 is 3.62. The summed E-state index contributed by atoms with van der Waals surface area (Å²) in [5, 5.41) is 12.1. The maximum atomic E-state index is 14.3. The normalized spacial score (nSPS) is 21.7. The summed E-state index contributed by atoms with van der Waals surface area (Å²) in [7, 11) is 0. The van der Waals surface area contributed by atoms with Crippen molar-refractivity contribution >= 4 is 33.5 Å². The Kier molecular flexibility index (Phi) is 5.91. The summed E-state index contributed by atoms with van der Waals surface area (Å²) in [4.78, 5) is 24.2. The smallest absolute Gasteiger partial charge is 0.407 e. The highest BCUT2D eigenvalue weighted by molar-refractivity contribution is 9.10. The van der Waals surface area contributed by atoms with Crippen LogP contribution >= 0.6 is 15.9 Å². The largest absolute Gasteiger partial charge is 0.444 e. The molecule has 35 heavy (non-hydrogen) atoms. The van der Waals surface area contributed by atoms with Crippen LogP contribution in [-0.4, -0.2) is 44.2 Å². The zero-order valence-corrected chi connectivity index (χ0v) is 21.3. The van der Waals surface area contributed by atoms with E-state index in [2.05, 4.69) is 26.1 Å². The van der Waals surface area contributed by atoms with Gasteiger partial charge in [0.2, 0.25) is 0 Å². The van der Waals surface area contributed by atoms with Crippen molar-refractivity contribution in [3.8, 4) is 17.3 Å². The van der Waals surface area contributed by atoms with E-state index < -0.39 is 11.4 Å². The summed E-state index contributed by atoms with van der Waals surface area (Å²) in [5.74, 6) is 0.196. The monoisotopic (exact) mass is 540 g/mol. The Bertz CT molecular complexity index is 1330. The molecule has 1 amide bonds. The maximum absolute atomic E-state index is 14.3. The minimum absolute atomic E-state index is 0.00423. The SMILES string of the molecule is CC(C)(C)OC(=O)N[C@H]1C[C@H]2CC[C@@H](C1)N2c1nccn2c(Br)c(-c3ccc(C#N)c(F)c3)nc12. The Morgan fingerprint density at radius 3 is 2.63 bits per heavy atom. The Morgan fingerprint density at radius 1 is 1.29 bits per heavy atom. The highest BCUT2D eigenvalue weighted by Crippen LogP contribution is 2.41. The number of carbonyl (C=O) groups is 1. The van der Waals surface area contributed by atoms with Crippen molar-refractivity contribution < 1.29 is 13.9 Å². The molecule has 3 atom stereocenters. The van der Waals surface area contributed by atoms with Crippen molar-refractivity contribution in [3.63, 3.8) is 0 Å². The fourth-order valence-electron chi connectivity index (χ4n) is 5.17. The second-order valence-electron chi connectivity index (χ2n) is 10.1. The van der Waals surface area contributed by atoms with E-state index >= 15 is 0 Å². The Hall–Kier alpha value is -3.19. The molecular formula is C25H26BrFN6O2. The van der Waals surface area contributed by atoms with Crippen LogP contribution in [0.3, 0.4) is 0 Å². The van der Waals surface area contributed by atoms with Gasteiger partial charge in [0, 0.05) is 36.1 Å². The van der Waals surface area contributed by atoms with Gasteiger partial charge in [-0.1, -0.05) is 6.07 Å². The van der Waals surface area contributed by atoms with Gasteiger partial charge in [0.25, 0.3) is 0 Å². The first kappa shape index (κ1) is 23.5. The molecule has 10 heteroatoms. The maximum Gasteiger partial charge on any atom is 0.407 e. The van der Waals surface area contributed by atoms with Crippen LogP contribution in [0.15, 0.2) is 35.2 Å². The number of hydrogen-bond acceptors (Lipinski definition) is 6. The average molecular weight is 541 g/mol. The van der Waals surface area contributed by atoms with Crippen molar-refractivity contribution in [2.24, 2.45) is 0 Å². The summed E-state index contributed by atoms with van der Waals surface area (Å²) in [6.45, 7) is 5.57. The van der Waals surface area contributed by atoms with Crippen LogP contribution in [0, 0.1) is 17.1 Å². The Labute approximate surface area is 211 Å². The fourth-order valence-corrected chi connectivity index (χ4v) is 5.77. The van der Waals surface area contributed by atoms with Crippen molar-refractivity contribution in [2.45, 2.75) is 70.2 Å². The molecule has 0 spiro atoms. The number of nitriles is 1. The number of imidazole rings is 1. The molecular weight excluding hydrogens is 515 g/mol. The van der Waals surface area contributed by atoms with E-state index in [1.807, 2.05) is 37.4 Å². The number of halogens is 2. The number of ether oxygens (including phenoxy) is 1. The lowest BCUT2D eigenvalue weighted by Crippen LogP contribution is -2.51. The minimum atomic E-state index is -0.579. The van der Waals surface area contributed by atoms with Crippen LogP contribution in [0.25, 0.3) is 16.9 Å². The number of fused-ring (bicyclic) bond motifs is 3. The molecule has 0 aliphatic carbocycles. The second-order valence-corrected chi connectivity index (χ2v) is 10.9. The molecule has 2 aliphatic heterocycles. The van der Waals surface area contributed by atoms with E-state index in [0.29, 0.717) is 21.5 Å². The van der Waals surface area contributed by atoms with Gasteiger partial charge in [-0.3, -0.25) is 4.40 Å². The number of nitrogens with one attached hydrogen (secondary N) is 1. The zero-order chi connectivity index (χ0) is 24.9. The number of rotatable bonds is 3. The predicted octanol–water partition coefficient (Wildman–Crippen LogP) is 5.19. The van der Waals surface area contributed by atoms with Gasteiger partial charge in [-0.05, 0) is 74.5 Å². The van der Waals surface area contributed by atoms with Crippen molar-refractivity contribution in [1.82, 2.24) is 19.7 Å². The molecule has 4 heterocycles. The van der Waals surface area contributed by atoms with E-state index in [-0.39, 0.29) is 29.8 Å². The number of nitrogens with zero attached hydrogens (tertiary/aromatic N) is 5. The first-order chi connectivity index (χ1) is 16.6. The molecule has 2 bridgehead atoms. The van der Waals surface area contributed by atoms with Gasteiger partial charge in [0.05, 0.1) is 5.56 Å². The lowest BCUT2D eigenvalue weighted by atomic mass is 9.97. The average Bonchev–Trinajstić information content (AvgIpc) is 3.26. The molecule has 2 aromatic heterocycles. The summed E-state index contributed by atoms with van der Waals surface area (Å²) < 4.78 is 22.3. The molecule has 0 unspecified atom stereocenters. The number of benzene rings is 1. The van der Waals surface area contributed by atoms with Crippen LogP contribution in [-0.2, 0) is 4.74 Å². The van der Waals surface area contributed by atoms with Crippen LogP contribution in [0.2, 0.25) is 0 Å². The second kappa shape index (κ2) is 8.79. The van der Waals surface area contributed by atoms with Crippen LogP contribution in [0.5, 0.6) is 0 Å². The van der Waals surface area contributed by atoms with E-state index in [0.717, 1.165) is 31.5 Å². The number of alkyl carbamates (subject to hydrolysis) is 1. The van der Waals surface area contributed by atoms with Gasteiger partial charge < -0.3 is 15.0 Å². The van der Waals surface area contributed by atoms with Crippen molar-refractivity contribution in [1.29, 1.82) is 5.26 Å². The molecule has 1 aromatic carbocycles. The lowest BCUT2D eigenvalue weighted by Gasteiger charge is -2.40. The molecule has 182 valence electrons. The van der Waals surface area contributed by atoms with E-state index in [1.54, 1.807) is 12.3 Å². The number of hydrogen-bond donors (Lipinski definition) is 1. The molecule has 1 N–H and O–H groups in total. The van der Waals surface area contributed by atoms with Crippen LogP contribution in [0.4, 0.5) is 15.0 Å². The summed E-state index contributed by atoms with van der Waals surface area (Å²) in [6.07, 6.45) is 6.79. The van der Waals surface area contributed by atoms with Gasteiger partial charge >= 0.3 is 6.09 Å². The third-order valence-corrected chi connectivity index (χ3v) is 7.28. The fraction of sp³-hybridized carbons (Fsp3) is 0.440. The third kappa shape index (κ3) is 4.45. The number of aromatic nitrogens is 3. The number of anilines is 1. The van der Waals surface area contributed by atoms with Crippen LogP contribution in [0.1, 0.15) is 52.0 Å².